The lowest BCUT2D eigenvalue weighted by atomic mass is 10.3. The van der Waals surface area contributed by atoms with Crippen LogP contribution in [0.1, 0.15) is 13.8 Å². The van der Waals surface area contributed by atoms with Crippen LogP contribution in [0.15, 0.2) is 46.6 Å². The Morgan fingerprint density at radius 2 is 1.62 bits per heavy atom. The first-order valence-electron chi connectivity index (χ1n) is 8.08. The minimum Gasteiger partial charge on any atom is -0.479 e. The zero-order valence-corrected chi connectivity index (χ0v) is 18.9. The first kappa shape index (κ1) is 23.6. The predicted octanol–water partition coefficient (Wildman–Crippen LogP) is 6.22. The van der Waals surface area contributed by atoms with Crippen LogP contribution >= 0.6 is 58.0 Å². The standard InChI is InChI=1S/C18H15Cl5N4O2/c1-9(17(23)26-25-15-5-3-11(19)7-13(15)21)24-27-18(28)10(2)29-16-6-4-12(20)8-14(16)22/h3-8,10,25H,1-2H3,(H,27,28). The van der Waals surface area contributed by atoms with Crippen molar-refractivity contribution in [2.24, 2.45) is 10.2 Å². The van der Waals surface area contributed by atoms with Crippen LogP contribution in [0.4, 0.5) is 5.69 Å². The third-order valence-electron chi connectivity index (χ3n) is 3.40. The molecule has 0 aliphatic heterocycles. The molecule has 2 aromatic rings. The van der Waals surface area contributed by atoms with Crippen LogP contribution in [-0.4, -0.2) is 22.9 Å². The Morgan fingerprint density at radius 3 is 2.24 bits per heavy atom. The number of anilines is 1. The summed E-state index contributed by atoms with van der Waals surface area (Å²) in [6, 6.07) is 9.54. The third kappa shape index (κ3) is 7.24. The van der Waals surface area contributed by atoms with E-state index in [1.165, 1.54) is 6.07 Å². The molecule has 154 valence electrons. The van der Waals surface area contributed by atoms with Gasteiger partial charge in [-0.3, -0.25) is 10.2 Å². The number of hydrogen-bond acceptors (Lipinski definition) is 5. The topological polar surface area (TPSA) is 75.1 Å². The minimum atomic E-state index is -0.869. The predicted molar refractivity (Wildman–Crippen MR) is 121 cm³/mol. The monoisotopic (exact) mass is 494 g/mol. The van der Waals surface area contributed by atoms with E-state index >= 15 is 0 Å². The van der Waals surface area contributed by atoms with Gasteiger partial charge in [-0.05, 0) is 50.2 Å². The summed E-state index contributed by atoms with van der Waals surface area (Å²) in [7, 11) is 0. The first-order valence-corrected chi connectivity index (χ1v) is 9.97. The highest BCUT2D eigenvalue weighted by Crippen LogP contribution is 2.28. The average Bonchev–Trinajstić information content (AvgIpc) is 2.66. The van der Waals surface area contributed by atoms with Crippen LogP contribution < -0.4 is 15.6 Å². The maximum atomic E-state index is 12.2. The number of carbonyl (C=O) groups is 1. The molecular weight excluding hydrogens is 481 g/mol. The van der Waals surface area contributed by atoms with E-state index in [2.05, 4.69) is 21.1 Å². The van der Waals surface area contributed by atoms with Crippen molar-refractivity contribution < 1.29 is 9.53 Å². The maximum absolute atomic E-state index is 12.2. The highest BCUT2D eigenvalue weighted by molar-refractivity contribution is 6.83. The highest BCUT2D eigenvalue weighted by Gasteiger charge is 2.16. The Kier molecular flexibility index (Phi) is 8.86. The quantitative estimate of drug-likeness (QED) is 0.353. The summed E-state index contributed by atoms with van der Waals surface area (Å²) < 4.78 is 5.51. The molecule has 2 N–H and O–H groups in total. The number of amides is 1. The highest BCUT2D eigenvalue weighted by atomic mass is 35.5. The van der Waals surface area contributed by atoms with Gasteiger partial charge in [-0.25, -0.2) is 5.43 Å². The van der Waals surface area contributed by atoms with E-state index in [1.54, 1.807) is 44.2 Å². The van der Waals surface area contributed by atoms with Crippen LogP contribution in [0.5, 0.6) is 5.75 Å². The molecule has 0 fully saturated rings. The van der Waals surface area contributed by atoms with E-state index in [0.29, 0.717) is 31.5 Å². The Bertz CT molecular complexity index is 965. The Hall–Kier alpha value is -1.70. The fourth-order valence-electron chi connectivity index (χ4n) is 1.86. The van der Waals surface area contributed by atoms with E-state index in [4.69, 9.17) is 62.7 Å². The molecule has 1 unspecified atom stereocenters. The molecule has 0 aromatic heterocycles. The van der Waals surface area contributed by atoms with Crippen molar-refractivity contribution in [2.45, 2.75) is 20.0 Å². The van der Waals surface area contributed by atoms with Gasteiger partial charge >= 0.3 is 0 Å². The number of carbonyl (C=O) groups excluding carboxylic acids is 1. The van der Waals surface area contributed by atoms with Crippen molar-refractivity contribution in [3.8, 4) is 5.75 Å². The molecule has 1 amide bonds. The summed E-state index contributed by atoms with van der Waals surface area (Å²) in [4.78, 5) is 12.2. The van der Waals surface area contributed by atoms with Gasteiger partial charge < -0.3 is 4.74 Å². The summed E-state index contributed by atoms with van der Waals surface area (Å²) in [5.74, 6) is -0.184. The lowest BCUT2D eigenvalue weighted by molar-refractivity contribution is -0.127. The van der Waals surface area contributed by atoms with Gasteiger partial charge in [0.1, 0.15) is 5.75 Å². The van der Waals surface area contributed by atoms with Crippen LogP contribution in [0.3, 0.4) is 0 Å². The molecule has 29 heavy (non-hydrogen) atoms. The Morgan fingerprint density at radius 1 is 1.00 bits per heavy atom. The summed E-state index contributed by atoms with van der Waals surface area (Å²) in [6.45, 7) is 3.11. The van der Waals surface area contributed by atoms with Crippen molar-refractivity contribution >= 4 is 80.5 Å². The lowest BCUT2D eigenvalue weighted by Crippen LogP contribution is -2.34. The van der Waals surface area contributed by atoms with Crippen LogP contribution in [-0.2, 0) is 4.79 Å². The average molecular weight is 497 g/mol. The van der Waals surface area contributed by atoms with E-state index in [1.807, 2.05) is 0 Å². The fourth-order valence-corrected chi connectivity index (χ4v) is 2.85. The molecule has 0 saturated carbocycles. The van der Waals surface area contributed by atoms with Crippen molar-refractivity contribution in [1.29, 1.82) is 0 Å². The number of nitrogens with one attached hydrogen (secondary N) is 2. The molecule has 0 aliphatic carbocycles. The van der Waals surface area contributed by atoms with Gasteiger partial charge in [0.15, 0.2) is 11.3 Å². The van der Waals surface area contributed by atoms with Crippen molar-refractivity contribution in [2.75, 3.05) is 5.43 Å². The number of ether oxygens (including phenoxy) is 1. The second-order valence-electron chi connectivity index (χ2n) is 5.65. The van der Waals surface area contributed by atoms with Gasteiger partial charge in [-0.1, -0.05) is 58.0 Å². The number of rotatable bonds is 7. The summed E-state index contributed by atoms with van der Waals surface area (Å²) in [5, 5.41) is 9.49. The molecule has 0 heterocycles. The molecule has 6 nitrogen and oxygen atoms in total. The van der Waals surface area contributed by atoms with Gasteiger partial charge in [0.05, 0.1) is 21.4 Å². The summed E-state index contributed by atoms with van der Waals surface area (Å²) in [6.07, 6.45) is -0.869. The minimum absolute atomic E-state index is 0.0191. The number of hydrazone groups is 2. The summed E-state index contributed by atoms with van der Waals surface area (Å²) >= 11 is 29.8. The van der Waals surface area contributed by atoms with E-state index in [9.17, 15) is 4.79 Å². The molecule has 11 heteroatoms. The normalized spacial score (nSPS) is 13.1. The van der Waals surface area contributed by atoms with Crippen LogP contribution in [0.25, 0.3) is 0 Å². The lowest BCUT2D eigenvalue weighted by Gasteiger charge is -2.14. The first-order chi connectivity index (χ1) is 13.7. The van der Waals surface area contributed by atoms with Crippen molar-refractivity contribution in [1.82, 2.24) is 5.43 Å². The molecule has 1 atom stereocenters. The van der Waals surface area contributed by atoms with E-state index in [-0.39, 0.29) is 10.9 Å². The fraction of sp³-hybridized carbons (Fsp3) is 0.167. The van der Waals surface area contributed by atoms with Gasteiger partial charge in [0, 0.05) is 10.0 Å². The molecule has 2 rings (SSSR count). The second-order valence-corrected chi connectivity index (χ2v) is 7.69. The number of benzene rings is 2. The maximum Gasteiger partial charge on any atom is 0.280 e. The zero-order valence-electron chi connectivity index (χ0n) is 15.1. The molecule has 0 aliphatic rings. The molecule has 0 radical (unpaired) electrons. The molecule has 0 saturated heterocycles. The second kappa shape index (κ2) is 10.9. The third-order valence-corrected chi connectivity index (χ3v) is 4.84. The smallest absolute Gasteiger partial charge is 0.280 e. The van der Waals surface area contributed by atoms with Gasteiger partial charge in [0.2, 0.25) is 0 Å². The van der Waals surface area contributed by atoms with Crippen molar-refractivity contribution in [3.05, 3.63) is 56.5 Å². The van der Waals surface area contributed by atoms with Gasteiger partial charge in [-0.2, -0.15) is 10.2 Å². The van der Waals surface area contributed by atoms with Gasteiger partial charge in [-0.15, -0.1) is 0 Å². The molecule has 2 aromatic carbocycles. The van der Waals surface area contributed by atoms with Crippen LogP contribution in [0, 0.1) is 0 Å². The number of halogens is 5. The largest absolute Gasteiger partial charge is 0.479 e. The summed E-state index contributed by atoms with van der Waals surface area (Å²) in [5.41, 5.74) is 5.81. The molecule has 0 bridgehead atoms. The van der Waals surface area contributed by atoms with Crippen LogP contribution in [0.2, 0.25) is 20.1 Å². The van der Waals surface area contributed by atoms with E-state index < -0.39 is 12.0 Å². The SMILES string of the molecule is CC(=NNC(=O)C(C)Oc1ccc(Cl)cc1Cl)C(Cl)=NNc1ccc(Cl)cc1Cl. The molecule has 0 spiro atoms. The number of hydrogen-bond donors (Lipinski definition) is 2. The van der Waals surface area contributed by atoms with Gasteiger partial charge in [0.25, 0.3) is 5.91 Å². The van der Waals surface area contributed by atoms with Crippen molar-refractivity contribution in [3.63, 3.8) is 0 Å². The van der Waals surface area contributed by atoms with E-state index in [0.717, 1.165) is 0 Å². The zero-order chi connectivity index (χ0) is 21.6. The Balaban J connectivity index is 1.95. The number of nitrogens with zero attached hydrogens (tertiary/aromatic N) is 2. The molecular formula is C18H15Cl5N4O2. The Labute approximate surface area is 192 Å².